The van der Waals surface area contributed by atoms with Gasteiger partial charge in [-0.05, 0) is 49.2 Å². The Morgan fingerprint density at radius 2 is 1.71 bits per heavy atom. The molecule has 180 valence electrons. The number of aryl methyl sites for hydroxylation is 2. The fourth-order valence-corrected chi connectivity index (χ4v) is 4.69. The molecule has 8 heteroatoms. The van der Waals surface area contributed by atoms with E-state index in [9.17, 15) is 18.4 Å². The number of amides is 2. The third-order valence-electron chi connectivity index (χ3n) is 5.61. The molecule has 0 saturated carbocycles. The summed E-state index contributed by atoms with van der Waals surface area (Å²) in [6.07, 6.45) is 1.93. The molecule has 4 aromatic rings. The quantitative estimate of drug-likeness (QED) is 0.310. The molecule has 1 heterocycles. The SMILES string of the molecule is Cc1ccc(C)c(NC(=O)CSc2cn(CCNC(=O)c3c(F)cccc3F)c3ccccc23)c1. The Hall–Kier alpha value is -3.65. The van der Waals surface area contributed by atoms with Crippen LogP contribution in [0.5, 0.6) is 0 Å². The first kappa shape index (κ1) is 24.5. The van der Waals surface area contributed by atoms with Crippen LogP contribution in [0.2, 0.25) is 0 Å². The van der Waals surface area contributed by atoms with E-state index in [1.165, 1.54) is 17.8 Å². The highest BCUT2D eigenvalue weighted by molar-refractivity contribution is 8.00. The molecule has 35 heavy (non-hydrogen) atoms. The number of hydrogen-bond donors (Lipinski definition) is 2. The van der Waals surface area contributed by atoms with Gasteiger partial charge in [-0.15, -0.1) is 11.8 Å². The minimum absolute atomic E-state index is 0.0975. The summed E-state index contributed by atoms with van der Waals surface area (Å²) in [4.78, 5) is 25.8. The molecule has 4 rings (SSSR count). The van der Waals surface area contributed by atoms with Crippen molar-refractivity contribution in [2.45, 2.75) is 25.3 Å². The summed E-state index contributed by atoms with van der Waals surface area (Å²) >= 11 is 1.43. The molecule has 0 aliphatic rings. The lowest BCUT2D eigenvalue weighted by Crippen LogP contribution is -2.28. The number of aromatic nitrogens is 1. The molecule has 0 fully saturated rings. The van der Waals surface area contributed by atoms with E-state index in [1.807, 2.05) is 67.1 Å². The lowest BCUT2D eigenvalue weighted by Gasteiger charge is -2.09. The summed E-state index contributed by atoms with van der Waals surface area (Å²) in [5, 5.41) is 6.54. The Kier molecular flexibility index (Phi) is 7.51. The van der Waals surface area contributed by atoms with Gasteiger partial charge in [0.05, 0.1) is 5.75 Å². The largest absolute Gasteiger partial charge is 0.350 e. The Labute approximate surface area is 206 Å². The molecule has 0 aliphatic heterocycles. The van der Waals surface area contributed by atoms with E-state index in [0.717, 1.165) is 44.7 Å². The molecule has 0 spiro atoms. The molecule has 0 atom stereocenters. The molecule has 0 bridgehead atoms. The molecule has 1 aromatic heterocycles. The zero-order valence-corrected chi connectivity index (χ0v) is 20.2. The number of rotatable bonds is 8. The van der Waals surface area contributed by atoms with Crippen LogP contribution in [0.25, 0.3) is 10.9 Å². The Bertz CT molecular complexity index is 1380. The van der Waals surface area contributed by atoms with Gasteiger partial charge in [0.25, 0.3) is 5.91 Å². The van der Waals surface area contributed by atoms with E-state index < -0.39 is 23.1 Å². The van der Waals surface area contributed by atoms with Gasteiger partial charge >= 0.3 is 0 Å². The molecular formula is C27H25F2N3O2S. The molecule has 0 aliphatic carbocycles. The average Bonchev–Trinajstić information content (AvgIpc) is 3.18. The van der Waals surface area contributed by atoms with Gasteiger partial charge in [0, 0.05) is 40.8 Å². The second-order valence-corrected chi connectivity index (χ2v) is 9.23. The number of nitrogens with zero attached hydrogens (tertiary/aromatic N) is 1. The van der Waals surface area contributed by atoms with Crippen LogP contribution < -0.4 is 10.6 Å². The molecule has 3 aromatic carbocycles. The third-order valence-corrected chi connectivity index (χ3v) is 6.65. The van der Waals surface area contributed by atoms with E-state index in [4.69, 9.17) is 0 Å². The molecule has 2 amide bonds. The summed E-state index contributed by atoms with van der Waals surface area (Å²) in [6, 6.07) is 17.0. The normalized spacial score (nSPS) is 11.0. The van der Waals surface area contributed by atoms with Gasteiger partial charge in [-0.1, -0.05) is 36.4 Å². The van der Waals surface area contributed by atoms with Crippen molar-refractivity contribution in [3.05, 3.63) is 95.2 Å². The van der Waals surface area contributed by atoms with E-state index in [0.29, 0.717) is 6.54 Å². The standard InChI is InChI=1S/C27H25F2N3O2S/c1-17-10-11-18(2)22(14-17)31-25(33)16-35-24-15-32(23-9-4-3-6-19(23)24)13-12-30-27(34)26-20(28)7-5-8-21(26)29/h3-11,14-15H,12-13,16H2,1-2H3,(H,30,34)(H,31,33). The fourth-order valence-electron chi connectivity index (χ4n) is 3.81. The summed E-state index contributed by atoms with van der Waals surface area (Å²) in [5.74, 6) is -2.45. The topological polar surface area (TPSA) is 63.1 Å². The smallest absolute Gasteiger partial charge is 0.257 e. The number of anilines is 1. The minimum Gasteiger partial charge on any atom is -0.350 e. The lowest BCUT2D eigenvalue weighted by atomic mass is 10.1. The second-order valence-electron chi connectivity index (χ2n) is 8.21. The zero-order valence-electron chi connectivity index (χ0n) is 19.4. The Balaban J connectivity index is 1.41. The highest BCUT2D eigenvalue weighted by Crippen LogP contribution is 2.30. The van der Waals surface area contributed by atoms with Crippen LogP contribution >= 0.6 is 11.8 Å². The van der Waals surface area contributed by atoms with Crippen molar-refractivity contribution in [1.29, 1.82) is 0 Å². The van der Waals surface area contributed by atoms with Crippen molar-refractivity contribution in [3.63, 3.8) is 0 Å². The number of carbonyl (C=O) groups is 2. The number of halogens is 2. The average molecular weight is 494 g/mol. The molecule has 0 saturated heterocycles. The third kappa shape index (κ3) is 5.71. The van der Waals surface area contributed by atoms with Crippen molar-refractivity contribution in [2.24, 2.45) is 0 Å². The lowest BCUT2D eigenvalue weighted by molar-refractivity contribution is -0.113. The van der Waals surface area contributed by atoms with E-state index in [-0.39, 0.29) is 18.2 Å². The first-order chi connectivity index (χ1) is 16.8. The van der Waals surface area contributed by atoms with Crippen LogP contribution in [0, 0.1) is 25.5 Å². The number of hydrogen-bond acceptors (Lipinski definition) is 3. The van der Waals surface area contributed by atoms with Crippen molar-refractivity contribution in [2.75, 3.05) is 17.6 Å². The number of thioether (sulfide) groups is 1. The Morgan fingerprint density at radius 3 is 2.49 bits per heavy atom. The maximum atomic E-state index is 13.9. The molecule has 2 N–H and O–H groups in total. The summed E-state index contributed by atoms with van der Waals surface area (Å²) in [7, 11) is 0. The summed E-state index contributed by atoms with van der Waals surface area (Å²) in [5.41, 5.74) is 3.24. The Morgan fingerprint density at radius 1 is 0.971 bits per heavy atom. The fraction of sp³-hybridized carbons (Fsp3) is 0.185. The molecule has 5 nitrogen and oxygen atoms in total. The highest BCUT2D eigenvalue weighted by atomic mass is 32.2. The summed E-state index contributed by atoms with van der Waals surface area (Å²) < 4.78 is 29.7. The van der Waals surface area contributed by atoms with E-state index in [1.54, 1.807) is 0 Å². The van der Waals surface area contributed by atoms with Crippen molar-refractivity contribution in [3.8, 4) is 0 Å². The van der Waals surface area contributed by atoms with Gasteiger partial charge in [0.1, 0.15) is 17.2 Å². The van der Waals surface area contributed by atoms with Crippen molar-refractivity contribution >= 4 is 40.2 Å². The first-order valence-electron chi connectivity index (χ1n) is 11.1. The monoisotopic (exact) mass is 493 g/mol. The van der Waals surface area contributed by atoms with Crippen LogP contribution in [-0.2, 0) is 11.3 Å². The molecular weight excluding hydrogens is 468 g/mol. The maximum Gasteiger partial charge on any atom is 0.257 e. The van der Waals surface area contributed by atoms with Crippen molar-refractivity contribution in [1.82, 2.24) is 9.88 Å². The van der Waals surface area contributed by atoms with Crippen LogP contribution in [0.1, 0.15) is 21.5 Å². The summed E-state index contributed by atoms with van der Waals surface area (Å²) in [6.45, 7) is 4.52. The van der Waals surface area contributed by atoms with Crippen LogP contribution in [0.3, 0.4) is 0 Å². The van der Waals surface area contributed by atoms with Crippen LogP contribution in [-0.4, -0.2) is 28.7 Å². The molecule has 0 radical (unpaired) electrons. The zero-order chi connectivity index (χ0) is 24.9. The number of benzene rings is 3. The predicted molar refractivity (Wildman–Crippen MR) is 136 cm³/mol. The maximum absolute atomic E-state index is 13.9. The number of para-hydroxylation sites is 1. The number of fused-ring (bicyclic) bond motifs is 1. The number of carbonyl (C=O) groups excluding carboxylic acids is 2. The van der Waals surface area contributed by atoms with Gasteiger partial charge in [-0.3, -0.25) is 9.59 Å². The minimum atomic E-state index is -0.897. The van der Waals surface area contributed by atoms with Gasteiger partial charge < -0.3 is 15.2 Å². The van der Waals surface area contributed by atoms with E-state index in [2.05, 4.69) is 10.6 Å². The second kappa shape index (κ2) is 10.7. The highest BCUT2D eigenvalue weighted by Gasteiger charge is 2.17. The first-order valence-corrected chi connectivity index (χ1v) is 12.1. The van der Waals surface area contributed by atoms with Gasteiger partial charge in [-0.2, -0.15) is 0 Å². The number of nitrogens with one attached hydrogen (secondary N) is 2. The predicted octanol–water partition coefficient (Wildman–Crippen LogP) is 5.70. The van der Waals surface area contributed by atoms with Gasteiger partial charge in [0.2, 0.25) is 5.91 Å². The van der Waals surface area contributed by atoms with Gasteiger partial charge in [-0.25, -0.2) is 8.78 Å². The van der Waals surface area contributed by atoms with Crippen LogP contribution in [0.4, 0.5) is 14.5 Å². The van der Waals surface area contributed by atoms with Crippen LogP contribution in [0.15, 0.2) is 71.8 Å². The van der Waals surface area contributed by atoms with Crippen molar-refractivity contribution < 1.29 is 18.4 Å². The van der Waals surface area contributed by atoms with E-state index >= 15 is 0 Å². The molecule has 0 unspecified atom stereocenters. The van der Waals surface area contributed by atoms with Gasteiger partial charge in [0.15, 0.2) is 0 Å².